The molecule has 1 heteroatoms. The number of anilines is 1. The Labute approximate surface area is 166 Å². The molecule has 4 aromatic rings. The second-order valence-electron chi connectivity index (χ2n) is 8.66. The van der Waals surface area contributed by atoms with Crippen LogP contribution >= 0.6 is 0 Å². The van der Waals surface area contributed by atoms with Crippen LogP contribution < -0.4 is 5.73 Å². The highest BCUT2D eigenvalue weighted by molar-refractivity contribution is 6.13. The van der Waals surface area contributed by atoms with E-state index in [1.807, 2.05) is 0 Å². The summed E-state index contributed by atoms with van der Waals surface area (Å²) in [6.45, 7) is 8.95. The van der Waals surface area contributed by atoms with Crippen LogP contribution in [0.5, 0.6) is 0 Å². The summed E-state index contributed by atoms with van der Waals surface area (Å²) in [7, 11) is 0. The molecule has 0 spiro atoms. The molecule has 138 valence electrons. The minimum absolute atomic E-state index is 0.0517. The van der Waals surface area contributed by atoms with Gasteiger partial charge in [0, 0.05) is 16.5 Å². The molecule has 0 atom stereocenters. The van der Waals surface area contributed by atoms with Crippen LogP contribution in [0.2, 0.25) is 0 Å². The molecule has 1 aliphatic carbocycles. The van der Waals surface area contributed by atoms with E-state index in [0.717, 1.165) is 11.1 Å². The maximum atomic E-state index is 6.59. The first-order valence-electron chi connectivity index (χ1n) is 9.92. The van der Waals surface area contributed by atoms with Crippen molar-refractivity contribution in [3.8, 4) is 22.3 Å². The maximum absolute atomic E-state index is 6.59. The minimum Gasteiger partial charge on any atom is -0.398 e. The molecule has 0 fully saturated rings. The molecule has 0 aliphatic heterocycles. The fourth-order valence-electron chi connectivity index (χ4n) is 5.04. The first kappa shape index (κ1) is 17.1. The third-order valence-corrected chi connectivity index (χ3v) is 6.27. The number of rotatable bonds is 1. The van der Waals surface area contributed by atoms with E-state index < -0.39 is 0 Å². The van der Waals surface area contributed by atoms with Gasteiger partial charge < -0.3 is 5.73 Å². The molecule has 1 aliphatic rings. The Kier molecular flexibility index (Phi) is 3.49. The highest BCUT2D eigenvalue weighted by Crippen LogP contribution is 2.53. The van der Waals surface area contributed by atoms with Crippen molar-refractivity contribution in [1.82, 2.24) is 0 Å². The highest BCUT2D eigenvalue weighted by Gasteiger charge is 2.37. The fraction of sp³-hybridized carbons (Fsp3) is 0.185. The SMILES string of the molecule is Cc1cc(C)cc(-c2cccc3c(N)cc4c(c23)-c2ccccc2C4(C)C)c1. The van der Waals surface area contributed by atoms with Crippen LogP contribution in [0.3, 0.4) is 0 Å². The van der Waals surface area contributed by atoms with Crippen LogP contribution in [-0.2, 0) is 5.41 Å². The summed E-state index contributed by atoms with van der Waals surface area (Å²) >= 11 is 0. The van der Waals surface area contributed by atoms with Crippen molar-refractivity contribution >= 4 is 16.5 Å². The summed E-state index contributed by atoms with van der Waals surface area (Å²) in [4.78, 5) is 0. The number of hydrogen-bond donors (Lipinski definition) is 1. The fourth-order valence-corrected chi connectivity index (χ4v) is 5.04. The minimum atomic E-state index is -0.0517. The van der Waals surface area contributed by atoms with Gasteiger partial charge in [0.1, 0.15) is 0 Å². The van der Waals surface area contributed by atoms with Gasteiger partial charge in [0.05, 0.1) is 0 Å². The third-order valence-electron chi connectivity index (χ3n) is 6.27. The number of aryl methyl sites for hydroxylation is 2. The molecule has 28 heavy (non-hydrogen) atoms. The summed E-state index contributed by atoms with van der Waals surface area (Å²) in [5.41, 5.74) is 17.9. The predicted octanol–water partition coefficient (Wildman–Crippen LogP) is 7.01. The van der Waals surface area contributed by atoms with Crippen molar-refractivity contribution < 1.29 is 0 Å². The van der Waals surface area contributed by atoms with E-state index >= 15 is 0 Å². The smallest absolute Gasteiger partial charge is 0.0397 e. The largest absolute Gasteiger partial charge is 0.398 e. The maximum Gasteiger partial charge on any atom is 0.0397 e. The molecule has 0 saturated heterocycles. The zero-order chi connectivity index (χ0) is 19.6. The van der Waals surface area contributed by atoms with Gasteiger partial charge in [0.25, 0.3) is 0 Å². The average molecular weight is 364 g/mol. The van der Waals surface area contributed by atoms with E-state index in [0.29, 0.717) is 0 Å². The van der Waals surface area contributed by atoms with Crippen molar-refractivity contribution in [3.63, 3.8) is 0 Å². The van der Waals surface area contributed by atoms with Gasteiger partial charge in [0.15, 0.2) is 0 Å². The van der Waals surface area contributed by atoms with Crippen molar-refractivity contribution in [3.05, 3.63) is 89.0 Å². The topological polar surface area (TPSA) is 26.0 Å². The van der Waals surface area contributed by atoms with Crippen LogP contribution in [0, 0.1) is 13.8 Å². The van der Waals surface area contributed by atoms with E-state index in [1.54, 1.807) is 0 Å². The Bertz CT molecular complexity index is 1240. The van der Waals surface area contributed by atoms with Gasteiger partial charge in [-0.25, -0.2) is 0 Å². The van der Waals surface area contributed by atoms with E-state index in [2.05, 4.69) is 94.4 Å². The summed E-state index contributed by atoms with van der Waals surface area (Å²) in [5, 5.41) is 2.42. The first-order valence-corrected chi connectivity index (χ1v) is 9.92. The lowest BCUT2D eigenvalue weighted by Gasteiger charge is -2.22. The molecule has 2 N–H and O–H groups in total. The zero-order valence-corrected chi connectivity index (χ0v) is 16.9. The molecule has 0 saturated carbocycles. The first-order chi connectivity index (χ1) is 13.4. The van der Waals surface area contributed by atoms with E-state index in [1.165, 1.54) is 49.9 Å². The van der Waals surface area contributed by atoms with E-state index in [-0.39, 0.29) is 5.41 Å². The molecule has 4 aromatic carbocycles. The Morgan fingerprint density at radius 3 is 2.14 bits per heavy atom. The van der Waals surface area contributed by atoms with E-state index in [4.69, 9.17) is 5.73 Å². The molecule has 0 bridgehead atoms. The van der Waals surface area contributed by atoms with Crippen molar-refractivity contribution in [2.75, 3.05) is 5.73 Å². The van der Waals surface area contributed by atoms with E-state index in [9.17, 15) is 0 Å². The van der Waals surface area contributed by atoms with Crippen molar-refractivity contribution in [2.24, 2.45) is 0 Å². The highest BCUT2D eigenvalue weighted by atomic mass is 14.6. The second kappa shape index (κ2) is 5.72. The number of fused-ring (bicyclic) bond motifs is 5. The van der Waals surface area contributed by atoms with Gasteiger partial charge in [-0.15, -0.1) is 0 Å². The zero-order valence-electron chi connectivity index (χ0n) is 16.9. The molecule has 0 heterocycles. The number of nitrogen functional groups attached to an aromatic ring is 1. The molecule has 1 nitrogen and oxygen atoms in total. The number of nitrogens with two attached hydrogens (primary N) is 1. The van der Waals surface area contributed by atoms with Gasteiger partial charge >= 0.3 is 0 Å². The molecule has 0 amide bonds. The van der Waals surface area contributed by atoms with Gasteiger partial charge in [-0.1, -0.05) is 85.6 Å². The van der Waals surface area contributed by atoms with Crippen LogP contribution in [0.4, 0.5) is 5.69 Å². The lowest BCUT2D eigenvalue weighted by molar-refractivity contribution is 0.661. The van der Waals surface area contributed by atoms with Crippen LogP contribution in [0.1, 0.15) is 36.1 Å². The Hall–Kier alpha value is -3.06. The molecule has 0 radical (unpaired) electrons. The van der Waals surface area contributed by atoms with Gasteiger partial charge in [-0.2, -0.15) is 0 Å². The van der Waals surface area contributed by atoms with Crippen molar-refractivity contribution in [2.45, 2.75) is 33.1 Å². The number of hydrogen-bond acceptors (Lipinski definition) is 1. The van der Waals surface area contributed by atoms with Gasteiger partial charge in [-0.3, -0.25) is 0 Å². The average Bonchev–Trinajstić information content (AvgIpc) is 2.88. The standard InChI is InChI=1S/C27H25N/c1-16-12-17(2)14-18(13-16)19-9-7-10-21-24(28)15-23-26(25(19)21)20-8-5-6-11-22(20)27(23,3)4/h5-15H,28H2,1-4H3. The Morgan fingerprint density at radius 1 is 0.714 bits per heavy atom. The van der Waals surface area contributed by atoms with Gasteiger partial charge in [-0.05, 0) is 58.7 Å². The normalized spacial score (nSPS) is 14.1. The molecular formula is C27H25N. The third kappa shape index (κ3) is 2.26. The van der Waals surface area contributed by atoms with Crippen LogP contribution in [-0.4, -0.2) is 0 Å². The summed E-state index contributed by atoms with van der Waals surface area (Å²) in [5.74, 6) is 0. The molecule has 0 aromatic heterocycles. The lowest BCUT2D eigenvalue weighted by Crippen LogP contribution is -2.15. The molecular weight excluding hydrogens is 338 g/mol. The predicted molar refractivity (Wildman–Crippen MR) is 121 cm³/mol. The summed E-state index contributed by atoms with van der Waals surface area (Å²) in [6, 6.07) is 24.3. The summed E-state index contributed by atoms with van der Waals surface area (Å²) in [6.07, 6.45) is 0. The van der Waals surface area contributed by atoms with Crippen molar-refractivity contribution in [1.29, 1.82) is 0 Å². The number of benzene rings is 4. The monoisotopic (exact) mass is 363 g/mol. The molecule has 0 unspecified atom stereocenters. The Morgan fingerprint density at radius 2 is 1.39 bits per heavy atom. The van der Waals surface area contributed by atoms with Gasteiger partial charge in [0.2, 0.25) is 0 Å². The quantitative estimate of drug-likeness (QED) is 0.362. The van der Waals surface area contributed by atoms with Crippen LogP contribution in [0.25, 0.3) is 33.0 Å². The molecule has 5 rings (SSSR count). The summed E-state index contributed by atoms with van der Waals surface area (Å²) < 4.78 is 0. The second-order valence-corrected chi connectivity index (χ2v) is 8.66. The Balaban J connectivity index is 1.98. The van der Waals surface area contributed by atoms with Crippen LogP contribution in [0.15, 0.2) is 66.7 Å². The lowest BCUT2D eigenvalue weighted by atomic mass is 9.81.